The molecular formula is C13H8BrFO2. The summed E-state index contributed by atoms with van der Waals surface area (Å²) in [4.78, 5) is 10.8. The van der Waals surface area contributed by atoms with Crippen LogP contribution in [0.5, 0.6) is 11.5 Å². The average molecular weight is 295 g/mol. The number of ether oxygens (including phenoxy) is 1. The van der Waals surface area contributed by atoms with Crippen molar-refractivity contribution in [2.45, 2.75) is 0 Å². The van der Waals surface area contributed by atoms with Crippen molar-refractivity contribution in [2.75, 3.05) is 0 Å². The summed E-state index contributed by atoms with van der Waals surface area (Å²) in [6, 6.07) is 11.0. The summed E-state index contributed by atoms with van der Waals surface area (Å²) < 4.78 is 19.5. The van der Waals surface area contributed by atoms with Gasteiger partial charge in [0.25, 0.3) is 0 Å². The quantitative estimate of drug-likeness (QED) is 0.793. The largest absolute Gasteiger partial charge is 0.453 e. The van der Waals surface area contributed by atoms with Gasteiger partial charge in [-0.05, 0) is 30.3 Å². The molecule has 0 heterocycles. The maximum Gasteiger partial charge on any atom is 0.165 e. The predicted molar refractivity (Wildman–Crippen MR) is 66.0 cm³/mol. The Bertz CT molecular complexity index is 555. The maximum absolute atomic E-state index is 13.5. The number of para-hydroxylation sites is 1. The number of rotatable bonds is 3. The van der Waals surface area contributed by atoms with Crippen LogP contribution in [-0.4, -0.2) is 6.29 Å². The smallest absolute Gasteiger partial charge is 0.165 e. The molecule has 17 heavy (non-hydrogen) atoms. The highest BCUT2D eigenvalue weighted by Gasteiger charge is 2.08. The lowest BCUT2D eigenvalue weighted by Gasteiger charge is -2.08. The first kappa shape index (κ1) is 11.8. The summed E-state index contributed by atoms with van der Waals surface area (Å²) in [6.45, 7) is 0. The number of halogens is 2. The molecule has 86 valence electrons. The Balaban J connectivity index is 2.37. The number of benzene rings is 2. The second kappa shape index (κ2) is 5.10. The predicted octanol–water partition coefficient (Wildman–Crippen LogP) is 4.19. The fourth-order valence-corrected chi connectivity index (χ4v) is 1.68. The normalized spacial score (nSPS) is 10.0. The monoisotopic (exact) mass is 294 g/mol. The van der Waals surface area contributed by atoms with Gasteiger partial charge >= 0.3 is 0 Å². The lowest BCUT2D eigenvalue weighted by molar-refractivity contribution is 0.112. The molecule has 0 aliphatic carbocycles. The number of aldehydes is 1. The van der Waals surface area contributed by atoms with E-state index in [4.69, 9.17) is 4.74 Å². The summed E-state index contributed by atoms with van der Waals surface area (Å²) in [5.74, 6) is -0.0675. The molecule has 0 N–H and O–H groups in total. The van der Waals surface area contributed by atoms with Crippen LogP contribution >= 0.6 is 15.9 Å². The molecule has 0 amide bonds. The zero-order chi connectivity index (χ0) is 12.3. The van der Waals surface area contributed by atoms with E-state index in [2.05, 4.69) is 15.9 Å². The van der Waals surface area contributed by atoms with Crippen LogP contribution in [0.2, 0.25) is 0 Å². The molecule has 2 aromatic rings. The molecule has 0 bridgehead atoms. The van der Waals surface area contributed by atoms with Gasteiger partial charge in [-0.25, -0.2) is 4.39 Å². The minimum absolute atomic E-state index is 0.0775. The number of hydrogen-bond acceptors (Lipinski definition) is 2. The van der Waals surface area contributed by atoms with E-state index in [1.54, 1.807) is 30.3 Å². The SMILES string of the molecule is O=Cc1ccccc1Oc1cc(Br)ccc1F. The molecule has 0 unspecified atom stereocenters. The fraction of sp³-hybridized carbons (Fsp3) is 0. The Labute approximate surface area is 106 Å². The first-order valence-electron chi connectivity index (χ1n) is 4.88. The van der Waals surface area contributed by atoms with Crippen LogP contribution in [0.15, 0.2) is 46.9 Å². The van der Waals surface area contributed by atoms with Crippen molar-refractivity contribution in [3.05, 3.63) is 58.3 Å². The Morgan fingerprint density at radius 1 is 1.12 bits per heavy atom. The molecule has 2 aromatic carbocycles. The van der Waals surface area contributed by atoms with Crippen LogP contribution in [0.25, 0.3) is 0 Å². The van der Waals surface area contributed by atoms with Gasteiger partial charge in [-0.15, -0.1) is 0 Å². The minimum atomic E-state index is -0.478. The molecule has 4 heteroatoms. The topological polar surface area (TPSA) is 26.3 Å². The van der Waals surface area contributed by atoms with Crippen molar-refractivity contribution in [2.24, 2.45) is 0 Å². The van der Waals surface area contributed by atoms with Gasteiger partial charge in [-0.2, -0.15) is 0 Å². The number of carbonyl (C=O) groups is 1. The molecule has 2 nitrogen and oxygen atoms in total. The van der Waals surface area contributed by atoms with E-state index < -0.39 is 5.82 Å². The molecule has 0 radical (unpaired) electrons. The van der Waals surface area contributed by atoms with Gasteiger partial charge in [0.2, 0.25) is 0 Å². The van der Waals surface area contributed by atoms with Gasteiger partial charge < -0.3 is 4.74 Å². The zero-order valence-electron chi connectivity index (χ0n) is 8.69. The third kappa shape index (κ3) is 2.71. The van der Waals surface area contributed by atoms with Crippen molar-refractivity contribution in [1.82, 2.24) is 0 Å². The van der Waals surface area contributed by atoms with Crippen LogP contribution in [0.4, 0.5) is 4.39 Å². The lowest BCUT2D eigenvalue weighted by Crippen LogP contribution is -1.92. The molecule has 0 aliphatic rings. The van der Waals surface area contributed by atoms with Crippen molar-refractivity contribution < 1.29 is 13.9 Å². The van der Waals surface area contributed by atoms with Crippen LogP contribution < -0.4 is 4.74 Å². The van der Waals surface area contributed by atoms with Gasteiger partial charge in [0.05, 0.1) is 5.56 Å². The summed E-state index contributed by atoms with van der Waals surface area (Å²) in [5.41, 5.74) is 0.381. The molecule has 0 spiro atoms. The summed E-state index contributed by atoms with van der Waals surface area (Å²) in [5, 5.41) is 0. The summed E-state index contributed by atoms with van der Waals surface area (Å²) >= 11 is 3.23. The van der Waals surface area contributed by atoms with Crippen LogP contribution in [0.3, 0.4) is 0 Å². The van der Waals surface area contributed by atoms with Crippen molar-refractivity contribution in [1.29, 1.82) is 0 Å². The highest BCUT2D eigenvalue weighted by atomic mass is 79.9. The molecule has 0 saturated carbocycles. The van der Waals surface area contributed by atoms with Crippen LogP contribution in [-0.2, 0) is 0 Å². The van der Waals surface area contributed by atoms with Crippen LogP contribution in [0.1, 0.15) is 10.4 Å². The highest BCUT2D eigenvalue weighted by Crippen LogP contribution is 2.28. The van der Waals surface area contributed by atoms with Gasteiger partial charge in [0.1, 0.15) is 5.75 Å². The van der Waals surface area contributed by atoms with Crippen molar-refractivity contribution in [3.8, 4) is 11.5 Å². The first-order valence-corrected chi connectivity index (χ1v) is 5.67. The van der Waals surface area contributed by atoms with Crippen LogP contribution in [0, 0.1) is 5.82 Å². The van der Waals surface area contributed by atoms with E-state index in [-0.39, 0.29) is 5.75 Å². The Hall–Kier alpha value is -1.68. The van der Waals surface area contributed by atoms with E-state index in [9.17, 15) is 9.18 Å². The second-order valence-corrected chi connectivity index (χ2v) is 4.25. The van der Waals surface area contributed by atoms with E-state index in [1.807, 2.05) is 0 Å². The molecule has 0 atom stereocenters. The van der Waals surface area contributed by atoms with E-state index in [0.29, 0.717) is 22.1 Å². The summed E-state index contributed by atoms with van der Waals surface area (Å²) in [6.07, 6.45) is 0.672. The molecule has 2 rings (SSSR count). The fourth-order valence-electron chi connectivity index (χ4n) is 1.34. The summed E-state index contributed by atoms with van der Waals surface area (Å²) in [7, 11) is 0. The van der Waals surface area contributed by atoms with Crippen molar-refractivity contribution in [3.63, 3.8) is 0 Å². The Morgan fingerprint density at radius 2 is 1.88 bits per heavy atom. The van der Waals surface area contributed by atoms with E-state index in [1.165, 1.54) is 12.1 Å². The standard InChI is InChI=1S/C13H8BrFO2/c14-10-5-6-11(15)13(7-10)17-12-4-2-1-3-9(12)8-16/h1-8H. The number of carbonyl (C=O) groups excluding carboxylic acids is 1. The number of hydrogen-bond donors (Lipinski definition) is 0. The van der Waals surface area contributed by atoms with E-state index in [0.717, 1.165) is 0 Å². The second-order valence-electron chi connectivity index (χ2n) is 3.33. The van der Waals surface area contributed by atoms with Gasteiger partial charge in [0.15, 0.2) is 17.9 Å². The maximum atomic E-state index is 13.5. The lowest BCUT2D eigenvalue weighted by atomic mass is 10.2. The minimum Gasteiger partial charge on any atom is -0.453 e. The Morgan fingerprint density at radius 3 is 2.65 bits per heavy atom. The molecule has 0 saturated heterocycles. The average Bonchev–Trinajstić information content (AvgIpc) is 2.34. The molecule has 0 aliphatic heterocycles. The van der Waals surface area contributed by atoms with Gasteiger partial charge in [0, 0.05) is 4.47 Å². The third-order valence-corrected chi connectivity index (χ3v) is 2.65. The Kier molecular flexibility index (Phi) is 3.54. The van der Waals surface area contributed by atoms with Crippen molar-refractivity contribution >= 4 is 22.2 Å². The first-order chi connectivity index (χ1) is 8.20. The third-order valence-electron chi connectivity index (χ3n) is 2.16. The molecule has 0 aromatic heterocycles. The molecule has 0 fully saturated rings. The highest BCUT2D eigenvalue weighted by molar-refractivity contribution is 9.10. The zero-order valence-corrected chi connectivity index (χ0v) is 10.3. The van der Waals surface area contributed by atoms with Gasteiger partial charge in [-0.3, -0.25) is 4.79 Å². The molecular weight excluding hydrogens is 287 g/mol. The van der Waals surface area contributed by atoms with E-state index >= 15 is 0 Å². The van der Waals surface area contributed by atoms with Gasteiger partial charge in [-0.1, -0.05) is 28.1 Å².